The van der Waals surface area contributed by atoms with E-state index in [1.54, 1.807) is 18.2 Å². The van der Waals surface area contributed by atoms with Gasteiger partial charge in [-0.3, -0.25) is 4.79 Å². The monoisotopic (exact) mass is 236 g/mol. The zero-order chi connectivity index (χ0) is 9.84. The molecule has 0 N–H and O–H groups in total. The standard InChI is InChI=1S/C9H7Cl3O/c10-7-3-6(1-2-9(12)13)4-8(11)5-7/h3-5H,1-2H2. The molecule has 0 aliphatic rings. The Balaban J connectivity index is 2.71. The van der Waals surface area contributed by atoms with Gasteiger partial charge in [0, 0.05) is 16.5 Å². The van der Waals surface area contributed by atoms with Crippen molar-refractivity contribution in [2.24, 2.45) is 0 Å². The molecule has 0 saturated heterocycles. The van der Waals surface area contributed by atoms with Crippen molar-refractivity contribution in [3.63, 3.8) is 0 Å². The van der Waals surface area contributed by atoms with E-state index in [1.807, 2.05) is 0 Å². The molecular weight excluding hydrogens is 230 g/mol. The first-order valence-corrected chi connectivity index (χ1v) is 4.84. The maximum Gasteiger partial charge on any atom is 0.221 e. The number of carbonyl (C=O) groups excluding carboxylic acids is 1. The lowest BCUT2D eigenvalue weighted by Crippen LogP contribution is -1.91. The van der Waals surface area contributed by atoms with Gasteiger partial charge in [0.1, 0.15) is 0 Å². The predicted molar refractivity (Wildman–Crippen MR) is 55.6 cm³/mol. The lowest BCUT2D eigenvalue weighted by Gasteiger charge is -2.00. The van der Waals surface area contributed by atoms with Gasteiger partial charge in [-0.25, -0.2) is 0 Å². The molecule has 1 nitrogen and oxygen atoms in total. The van der Waals surface area contributed by atoms with E-state index in [0.29, 0.717) is 22.9 Å². The summed E-state index contributed by atoms with van der Waals surface area (Å²) in [5.74, 6) is 0. The molecule has 70 valence electrons. The molecule has 0 radical (unpaired) electrons. The molecule has 0 saturated carbocycles. The van der Waals surface area contributed by atoms with Crippen LogP contribution in [0.15, 0.2) is 18.2 Å². The number of hydrogen-bond donors (Lipinski definition) is 0. The molecule has 1 rings (SSSR count). The maximum absolute atomic E-state index is 10.5. The molecule has 0 atom stereocenters. The molecule has 0 aliphatic carbocycles. The van der Waals surface area contributed by atoms with E-state index in [2.05, 4.69) is 0 Å². The Morgan fingerprint density at radius 2 is 1.69 bits per heavy atom. The zero-order valence-corrected chi connectivity index (χ0v) is 8.96. The van der Waals surface area contributed by atoms with Gasteiger partial charge >= 0.3 is 0 Å². The molecule has 0 fully saturated rings. The Hall–Kier alpha value is -0.240. The lowest BCUT2D eigenvalue weighted by atomic mass is 10.1. The second kappa shape index (κ2) is 4.85. The van der Waals surface area contributed by atoms with Crippen molar-refractivity contribution in [2.45, 2.75) is 12.8 Å². The number of halogens is 3. The van der Waals surface area contributed by atoms with E-state index in [-0.39, 0.29) is 5.24 Å². The summed E-state index contributed by atoms with van der Waals surface area (Å²) in [6, 6.07) is 5.19. The average molecular weight is 238 g/mol. The fourth-order valence-electron chi connectivity index (χ4n) is 0.998. The molecule has 0 bridgehead atoms. The number of aryl methyl sites for hydroxylation is 1. The third-order valence-electron chi connectivity index (χ3n) is 1.53. The van der Waals surface area contributed by atoms with Crippen LogP contribution in [0, 0.1) is 0 Å². The third-order valence-corrected chi connectivity index (χ3v) is 2.16. The van der Waals surface area contributed by atoms with Gasteiger partial charge in [0.15, 0.2) is 0 Å². The summed E-state index contributed by atoms with van der Waals surface area (Å²) in [5.41, 5.74) is 0.923. The maximum atomic E-state index is 10.5. The first kappa shape index (κ1) is 10.8. The predicted octanol–water partition coefficient (Wildman–Crippen LogP) is 3.69. The number of benzene rings is 1. The minimum Gasteiger partial charge on any atom is -0.281 e. The Morgan fingerprint density at radius 3 is 2.15 bits per heavy atom. The molecule has 1 aromatic carbocycles. The summed E-state index contributed by atoms with van der Waals surface area (Å²) in [5, 5.41) is 0.796. The van der Waals surface area contributed by atoms with Crippen LogP contribution >= 0.6 is 34.8 Å². The van der Waals surface area contributed by atoms with Crippen LogP contribution in [0.3, 0.4) is 0 Å². The van der Waals surface area contributed by atoms with Crippen molar-refractivity contribution in [1.82, 2.24) is 0 Å². The van der Waals surface area contributed by atoms with E-state index in [9.17, 15) is 4.79 Å². The van der Waals surface area contributed by atoms with Crippen molar-refractivity contribution in [3.05, 3.63) is 33.8 Å². The summed E-state index contributed by atoms with van der Waals surface area (Å²) in [7, 11) is 0. The molecule has 13 heavy (non-hydrogen) atoms. The van der Waals surface area contributed by atoms with Crippen LogP contribution in [0.25, 0.3) is 0 Å². The molecule has 0 amide bonds. The number of rotatable bonds is 3. The Morgan fingerprint density at radius 1 is 1.15 bits per heavy atom. The smallest absolute Gasteiger partial charge is 0.221 e. The molecule has 0 unspecified atom stereocenters. The Bertz CT molecular complexity index is 302. The highest BCUT2D eigenvalue weighted by Crippen LogP contribution is 2.20. The van der Waals surface area contributed by atoms with Gasteiger partial charge < -0.3 is 0 Å². The summed E-state index contributed by atoms with van der Waals surface area (Å²) in [4.78, 5) is 10.5. The van der Waals surface area contributed by atoms with Gasteiger partial charge in [0.05, 0.1) is 0 Å². The number of carbonyl (C=O) groups is 1. The van der Waals surface area contributed by atoms with Crippen LogP contribution in [0.1, 0.15) is 12.0 Å². The number of hydrogen-bond acceptors (Lipinski definition) is 1. The average Bonchev–Trinajstić information content (AvgIpc) is 1.99. The van der Waals surface area contributed by atoms with Crippen molar-refractivity contribution < 1.29 is 4.79 Å². The van der Waals surface area contributed by atoms with Gasteiger partial charge in [-0.05, 0) is 41.8 Å². The SMILES string of the molecule is O=C(Cl)CCc1cc(Cl)cc(Cl)c1. The van der Waals surface area contributed by atoms with Crippen LogP contribution in [-0.4, -0.2) is 5.24 Å². The van der Waals surface area contributed by atoms with Crippen LogP contribution < -0.4 is 0 Å². The van der Waals surface area contributed by atoms with E-state index >= 15 is 0 Å². The fraction of sp³-hybridized carbons (Fsp3) is 0.222. The topological polar surface area (TPSA) is 17.1 Å². The van der Waals surface area contributed by atoms with Crippen LogP contribution in [0.2, 0.25) is 10.0 Å². The molecule has 0 spiro atoms. The minimum atomic E-state index is -0.351. The molecule has 0 aliphatic heterocycles. The van der Waals surface area contributed by atoms with Crippen LogP contribution in [-0.2, 0) is 11.2 Å². The largest absolute Gasteiger partial charge is 0.281 e. The normalized spacial score (nSPS) is 10.1. The van der Waals surface area contributed by atoms with E-state index in [4.69, 9.17) is 34.8 Å². The highest BCUT2D eigenvalue weighted by atomic mass is 35.5. The molecule has 0 heterocycles. The first-order valence-electron chi connectivity index (χ1n) is 3.71. The van der Waals surface area contributed by atoms with E-state index in [1.165, 1.54) is 0 Å². The summed E-state index contributed by atoms with van der Waals surface area (Å²) >= 11 is 16.7. The molecule has 4 heteroatoms. The summed E-state index contributed by atoms with van der Waals surface area (Å²) in [6.45, 7) is 0. The first-order chi connectivity index (χ1) is 6.08. The zero-order valence-electron chi connectivity index (χ0n) is 6.69. The molecule has 0 aromatic heterocycles. The lowest BCUT2D eigenvalue weighted by molar-refractivity contribution is -0.111. The van der Waals surface area contributed by atoms with Crippen LogP contribution in [0.5, 0.6) is 0 Å². The second-order valence-electron chi connectivity index (χ2n) is 2.63. The van der Waals surface area contributed by atoms with Gasteiger partial charge in [-0.1, -0.05) is 23.2 Å². The van der Waals surface area contributed by atoms with Gasteiger partial charge in [-0.15, -0.1) is 0 Å². The minimum absolute atomic E-state index is 0.304. The van der Waals surface area contributed by atoms with E-state index < -0.39 is 0 Å². The van der Waals surface area contributed by atoms with Crippen molar-refractivity contribution in [1.29, 1.82) is 0 Å². The van der Waals surface area contributed by atoms with Crippen molar-refractivity contribution >= 4 is 40.0 Å². The Kier molecular flexibility index (Phi) is 4.04. The third kappa shape index (κ3) is 3.99. The highest BCUT2D eigenvalue weighted by Gasteiger charge is 2.01. The highest BCUT2D eigenvalue weighted by molar-refractivity contribution is 6.63. The van der Waals surface area contributed by atoms with Crippen molar-refractivity contribution in [3.8, 4) is 0 Å². The second-order valence-corrected chi connectivity index (χ2v) is 3.93. The fourth-order valence-corrected chi connectivity index (χ4v) is 1.66. The van der Waals surface area contributed by atoms with Gasteiger partial charge in [-0.2, -0.15) is 0 Å². The van der Waals surface area contributed by atoms with E-state index in [0.717, 1.165) is 5.56 Å². The summed E-state index contributed by atoms with van der Waals surface area (Å²) < 4.78 is 0. The van der Waals surface area contributed by atoms with Crippen molar-refractivity contribution in [2.75, 3.05) is 0 Å². The van der Waals surface area contributed by atoms with Gasteiger partial charge in [0.2, 0.25) is 5.24 Å². The van der Waals surface area contributed by atoms with Gasteiger partial charge in [0.25, 0.3) is 0 Å². The summed E-state index contributed by atoms with van der Waals surface area (Å²) in [6.07, 6.45) is 0.876. The molecular formula is C9H7Cl3O. The van der Waals surface area contributed by atoms with Crippen LogP contribution in [0.4, 0.5) is 0 Å². The molecule has 1 aromatic rings. The quantitative estimate of drug-likeness (QED) is 0.733. The Labute approximate surface area is 91.6 Å².